The fourth-order valence-electron chi connectivity index (χ4n) is 1.52. The number of nitrogens with two attached hydrogens (primary N) is 1. The zero-order valence-corrected chi connectivity index (χ0v) is 10.8. The molecule has 2 rings (SSSR count). The van der Waals surface area contributed by atoms with E-state index in [-0.39, 0.29) is 11.5 Å². The maximum atomic E-state index is 10.6. The molecular weight excluding hydrogens is 282 g/mol. The highest BCUT2D eigenvalue weighted by Crippen LogP contribution is 2.27. The van der Waals surface area contributed by atoms with Crippen molar-refractivity contribution >= 4 is 34.6 Å². The van der Waals surface area contributed by atoms with Crippen molar-refractivity contribution in [3.63, 3.8) is 0 Å². The number of nitrogens with zero attached hydrogens (tertiary/aromatic N) is 3. The second-order valence-electron chi connectivity index (χ2n) is 3.79. The molecule has 0 aliphatic rings. The zero-order valence-electron chi connectivity index (χ0n) is 10.0. The Morgan fingerprint density at radius 3 is 2.75 bits per heavy atom. The molecule has 0 fully saturated rings. The van der Waals surface area contributed by atoms with Crippen LogP contribution in [-0.2, 0) is 0 Å². The van der Waals surface area contributed by atoms with Gasteiger partial charge in [0.05, 0.1) is 27.3 Å². The normalized spacial score (nSPS) is 9.80. The van der Waals surface area contributed by atoms with Gasteiger partial charge in [0.1, 0.15) is 5.82 Å². The highest BCUT2D eigenvalue weighted by atomic mass is 35.5. The Labute approximate surface area is 118 Å². The van der Waals surface area contributed by atoms with E-state index in [0.29, 0.717) is 22.1 Å². The first kappa shape index (κ1) is 13.6. The number of pyridine rings is 1. The van der Waals surface area contributed by atoms with Crippen LogP contribution < -0.4 is 11.1 Å². The molecule has 0 radical (unpaired) electrons. The second-order valence-corrected chi connectivity index (χ2v) is 4.20. The van der Waals surface area contributed by atoms with E-state index in [4.69, 9.17) is 22.6 Å². The molecule has 1 aromatic carbocycles. The first-order chi connectivity index (χ1) is 9.51. The van der Waals surface area contributed by atoms with Gasteiger partial charge in [0, 0.05) is 6.07 Å². The lowest BCUT2D eigenvalue weighted by molar-refractivity contribution is -0.384. The molecule has 0 aliphatic carbocycles. The Balaban J connectivity index is 2.33. The molecule has 0 atom stereocenters. The van der Waals surface area contributed by atoms with Gasteiger partial charge >= 0.3 is 5.69 Å². The largest absolute Gasteiger partial charge is 0.378 e. The van der Waals surface area contributed by atoms with Gasteiger partial charge in [-0.2, -0.15) is 5.26 Å². The van der Waals surface area contributed by atoms with E-state index >= 15 is 0 Å². The molecule has 0 bridgehead atoms. The molecule has 3 N–H and O–H groups in total. The molecule has 100 valence electrons. The molecule has 0 spiro atoms. The summed E-state index contributed by atoms with van der Waals surface area (Å²) in [4.78, 5) is 13.9. The Kier molecular flexibility index (Phi) is 3.68. The van der Waals surface area contributed by atoms with Gasteiger partial charge in [0.25, 0.3) is 0 Å². The number of benzene rings is 1. The number of nitro groups is 1. The van der Waals surface area contributed by atoms with Gasteiger partial charge < -0.3 is 11.1 Å². The molecule has 8 heteroatoms. The van der Waals surface area contributed by atoms with Crippen molar-refractivity contribution in [2.24, 2.45) is 0 Å². The van der Waals surface area contributed by atoms with E-state index in [9.17, 15) is 10.1 Å². The standard InChI is InChI=1S/C12H8ClN5O2/c13-8-2-1-7(6-14)5-9(8)16-11-4-3-10(18(19)20)12(15)17-11/h1-5H,(H3,15,16,17). The molecule has 0 saturated heterocycles. The minimum atomic E-state index is -0.616. The summed E-state index contributed by atoms with van der Waals surface area (Å²) in [6.45, 7) is 0. The maximum Gasteiger partial charge on any atom is 0.311 e. The number of rotatable bonds is 3. The van der Waals surface area contributed by atoms with E-state index in [0.717, 1.165) is 0 Å². The van der Waals surface area contributed by atoms with Crippen molar-refractivity contribution in [1.29, 1.82) is 5.26 Å². The van der Waals surface area contributed by atoms with Crippen molar-refractivity contribution in [1.82, 2.24) is 4.98 Å². The molecule has 0 amide bonds. The average molecular weight is 290 g/mol. The van der Waals surface area contributed by atoms with Crippen LogP contribution in [0.4, 0.5) is 23.0 Å². The fourth-order valence-corrected chi connectivity index (χ4v) is 1.68. The van der Waals surface area contributed by atoms with Crippen LogP contribution >= 0.6 is 11.6 Å². The molecule has 0 aliphatic heterocycles. The summed E-state index contributed by atoms with van der Waals surface area (Å²) >= 11 is 5.99. The molecule has 2 aromatic rings. The second kappa shape index (κ2) is 5.42. The smallest absolute Gasteiger partial charge is 0.311 e. The van der Waals surface area contributed by atoms with Crippen molar-refractivity contribution in [3.05, 3.63) is 51.0 Å². The Morgan fingerprint density at radius 2 is 2.15 bits per heavy atom. The van der Waals surface area contributed by atoms with Crippen LogP contribution in [0.15, 0.2) is 30.3 Å². The molecule has 0 saturated carbocycles. The maximum absolute atomic E-state index is 10.6. The van der Waals surface area contributed by atoms with E-state index < -0.39 is 4.92 Å². The van der Waals surface area contributed by atoms with Gasteiger partial charge in [0.15, 0.2) is 0 Å². The third kappa shape index (κ3) is 2.76. The van der Waals surface area contributed by atoms with E-state index in [1.54, 1.807) is 18.2 Å². The minimum Gasteiger partial charge on any atom is -0.378 e. The van der Waals surface area contributed by atoms with Crippen LogP contribution in [0.2, 0.25) is 5.02 Å². The van der Waals surface area contributed by atoms with Crippen LogP contribution in [0, 0.1) is 21.4 Å². The van der Waals surface area contributed by atoms with Crippen molar-refractivity contribution < 1.29 is 4.92 Å². The number of nitriles is 1. The molecular formula is C12H8ClN5O2. The topological polar surface area (TPSA) is 118 Å². The van der Waals surface area contributed by atoms with E-state index in [2.05, 4.69) is 10.3 Å². The lowest BCUT2D eigenvalue weighted by Crippen LogP contribution is -2.01. The summed E-state index contributed by atoms with van der Waals surface area (Å²) in [5, 5.41) is 22.7. The third-order valence-corrected chi connectivity index (χ3v) is 2.79. The Bertz CT molecular complexity index is 726. The number of nitrogens with one attached hydrogen (secondary N) is 1. The number of anilines is 3. The average Bonchev–Trinajstić information content (AvgIpc) is 2.41. The highest BCUT2D eigenvalue weighted by Gasteiger charge is 2.13. The number of aromatic nitrogens is 1. The number of hydrogen-bond acceptors (Lipinski definition) is 6. The number of halogens is 1. The minimum absolute atomic E-state index is 0.201. The highest BCUT2D eigenvalue weighted by molar-refractivity contribution is 6.33. The van der Waals surface area contributed by atoms with Crippen LogP contribution in [0.3, 0.4) is 0 Å². The van der Waals surface area contributed by atoms with Gasteiger partial charge in [0.2, 0.25) is 5.82 Å². The number of nitrogen functional groups attached to an aromatic ring is 1. The van der Waals surface area contributed by atoms with E-state index in [1.807, 2.05) is 6.07 Å². The summed E-state index contributed by atoms with van der Waals surface area (Å²) in [7, 11) is 0. The van der Waals surface area contributed by atoms with Crippen LogP contribution in [0.5, 0.6) is 0 Å². The number of hydrogen-bond donors (Lipinski definition) is 2. The summed E-state index contributed by atoms with van der Waals surface area (Å²) in [5.74, 6) is 0.0950. The van der Waals surface area contributed by atoms with Crippen LogP contribution in [0.25, 0.3) is 0 Å². The zero-order chi connectivity index (χ0) is 14.7. The first-order valence-corrected chi connectivity index (χ1v) is 5.76. The van der Waals surface area contributed by atoms with Crippen molar-refractivity contribution in [3.8, 4) is 6.07 Å². The van der Waals surface area contributed by atoms with Gasteiger partial charge in [-0.1, -0.05) is 11.6 Å². The van der Waals surface area contributed by atoms with Gasteiger partial charge in [-0.3, -0.25) is 10.1 Å². The summed E-state index contributed by atoms with van der Waals surface area (Å²) in [5.41, 5.74) is 6.11. The van der Waals surface area contributed by atoms with Crippen LogP contribution in [-0.4, -0.2) is 9.91 Å². The molecule has 7 nitrogen and oxygen atoms in total. The summed E-state index contributed by atoms with van der Waals surface area (Å²) in [6, 6.07) is 9.32. The fraction of sp³-hybridized carbons (Fsp3) is 0. The molecule has 1 heterocycles. The van der Waals surface area contributed by atoms with Crippen molar-refractivity contribution in [2.75, 3.05) is 11.1 Å². The van der Waals surface area contributed by atoms with Gasteiger partial charge in [-0.05, 0) is 24.3 Å². The predicted octanol–water partition coefficient (Wildman–Crippen LogP) is 2.84. The first-order valence-electron chi connectivity index (χ1n) is 5.39. The van der Waals surface area contributed by atoms with Crippen LogP contribution in [0.1, 0.15) is 5.56 Å². The Morgan fingerprint density at radius 1 is 1.40 bits per heavy atom. The molecule has 1 aromatic heterocycles. The van der Waals surface area contributed by atoms with Gasteiger partial charge in [-0.25, -0.2) is 4.98 Å². The summed E-state index contributed by atoms with van der Waals surface area (Å²) < 4.78 is 0. The van der Waals surface area contributed by atoms with Crippen molar-refractivity contribution in [2.45, 2.75) is 0 Å². The monoisotopic (exact) mass is 289 g/mol. The SMILES string of the molecule is N#Cc1ccc(Cl)c(Nc2ccc([N+](=O)[O-])c(N)n2)c1. The predicted molar refractivity (Wildman–Crippen MR) is 74.8 cm³/mol. The lowest BCUT2D eigenvalue weighted by Gasteiger charge is -2.08. The lowest BCUT2D eigenvalue weighted by atomic mass is 10.2. The van der Waals surface area contributed by atoms with E-state index in [1.165, 1.54) is 12.1 Å². The third-order valence-electron chi connectivity index (χ3n) is 2.46. The Hall–Kier alpha value is -2.85. The molecule has 0 unspecified atom stereocenters. The summed E-state index contributed by atoms with van der Waals surface area (Å²) in [6.07, 6.45) is 0. The molecule has 20 heavy (non-hydrogen) atoms. The quantitative estimate of drug-likeness (QED) is 0.662. The van der Waals surface area contributed by atoms with Gasteiger partial charge in [-0.15, -0.1) is 0 Å².